The van der Waals surface area contributed by atoms with Crippen LogP contribution in [0.4, 0.5) is 13.2 Å². The monoisotopic (exact) mass is 336 g/mol. The fourth-order valence-corrected chi connectivity index (χ4v) is 2.09. The number of amides is 2. The summed E-state index contributed by atoms with van der Waals surface area (Å²) in [4.78, 5) is 43.8. The summed E-state index contributed by atoms with van der Waals surface area (Å²) in [6.07, 6.45) is -4.74. The topological polar surface area (TPSA) is 76.6 Å². The molecule has 3 rings (SSSR count). The number of imide groups is 1. The third kappa shape index (κ3) is 2.60. The number of carbonyl (C=O) groups excluding carboxylic acids is 3. The van der Waals surface area contributed by atoms with Crippen molar-refractivity contribution in [3.05, 3.63) is 65.0 Å². The molecule has 0 aliphatic carbocycles. The van der Waals surface area contributed by atoms with Crippen LogP contribution in [-0.4, -0.2) is 27.8 Å². The number of aromatic nitrogens is 1. The number of hydrogen-bond donors (Lipinski definition) is 0. The minimum Gasteiger partial charge on any atom is -0.323 e. The van der Waals surface area contributed by atoms with Crippen LogP contribution in [0.1, 0.15) is 36.9 Å². The molecule has 0 unspecified atom stereocenters. The van der Waals surface area contributed by atoms with E-state index < -0.39 is 35.3 Å². The van der Waals surface area contributed by atoms with E-state index in [9.17, 15) is 27.6 Å². The van der Waals surface area contributed by atoms with Gasteiger partial charge in [-0.15, -0.1) is 0 Å². The van der Waals surface area contributed by atoms with Gasteiger partial charge in [0.05, 0.1) is 11.1 Å². The van der Waals surface area contributed by atoms with Crippen molar-refractivity contribution >= 4 is 17.8 Å². The largest absolute Gasteiger partial charge is 0.433 e. The number of hydroxylamine groups is 2. The second-order valence-electron chi connectivity index (χ2n) is 4.73. The summed E-state index contributed by atoms with van der Waals surface area (Å²) in [6.45, 7) is 0. The van der Waals surface area contributed by atoms with Gasteiger partial charge in [0.1, 0.15) is 5.69 Å². The van der Waals surface area contributed by atoms with Gasteiger partial charge in [-0.25, -0.2) is 9.78 Å². The molecular weight excluding hydrogens is 329 g/mol. The third-order valence-electron chi connectivity index (χ3n) is 3.18. The first-order chi connectivity index (χ1) is 11.3. The van der Waals surface area contributed by atoms with Crippen LogP contribution < -0.4 is 0 Å². The van der Waals surface area contributed by atoms with E-state index in [1.807, 2.05) is 0 Å². The molecule has 122 valence electrons. The van der Waals surface area contributed by atoms with E-state index in [4.69, 9.17) is 0 Å². The van der Waals surface area contributed by atoms with E-state index >= 15 is 0 Å². The number of pyridine rings is 1. The van der Waals surface area contributed by atoms with Gasteiger partial charge in [-0.2, -0.15) is 13.2 Å². The number of hydrogen-bond acceptors (Lipinski definition) is 5. The quantitative estimate of drug-likeness (QED) is 0.788. The molecule has 0 saturated heterocycles. The van der Waals surface area contributed by atoms with Crippen molar-refractivity contribution in [1.82, 2.24) is 10.0 Å². The maximum Gasteiger partial charge on any atom is 0.433 e. The number of carbonyl (C=O) groups is 3. The number of rotatable bonds is 2. The molecule has 0 fully saturated rings. The highest BCUT2D eigenvalue weighted by Gasteiger charge is 2.39. The summed E-state index contributed by atoms with van der Waals surface area (Å²) in [5, 5.41) is 0.203. The van der Waals surface area contributed by atoms with E-state index in [-0.39, 0.29) is 16.2 Å². The Balaban J connectivity index is 1.84. The molecule has 2 aromatic rings. The maximum atomic E-state index is 12.6. The smallest absolute Gasteiger partial charge is 0.323 e. The van der Waals surface area contributed by atoms with Gasteiger partial charge < -0.3 is 4.84 Å². The fourth-order valence-electron chi connectivity index (χ4n) is 2.09. The molecule has 0 bridgehead atoms. The lowest BCUT2D eigenvalue weighted by Gasteiger charge is -2.13. The molecular formula is C15H7F3N2O4. The first kappa shape index (κ1) is 15.7. The second-order valence-corrected chi connectivity index (χ2v) is 4.73. The highest BCUT2D eigenvalue weighted by Crippen LogP contribution is 2.28. The molecule has 0 saturated carbocycles. The van der Waals surface area contributed by atoms with Crippen LogP contribution in [0.25, 0.3) is 0 Å². The summed E-state index contributed by atoms with van der Waals surface area (Å²) < 4.78 is 37.8. The minimum absolute atomic E-state index is 0.0345. The highest BCUT2D eigenvalue weighted by atomic mass is 19.4. The molecule has 9 heteroatoms. The van der Waals surface area contributed by atoms with Crippen LogP contribution in [0.5, 0.6) is 0 Å². The van der Waals surface area contributed by atoms with Gasteiger partial charge >= 0.3 is 12.1 Å². The zero-order valence-electron chi connectivity index (χ0n) is 11.7. The first-order valence-electron chi connectivity index (χ1n) is 6.53. The standard InChI is InChI=1S/C15H7F3N2O4/c16-15(17,18)11-7-3-6-10(19-11)14(23)24-20-12(21)8-4-1-2-5-9(8)13(20)22/h1-7H. The lowest BCUT2D eigenvalue weighted by atomic mass is 10.1. The van der Waals surface area contributed by atoms with E-state index in [1.165, 1.54) is 24.3 Å². The van der Waals surface area contributed by atoms with Crippen molar-refractivity contribution in [2.45, 2.75) is 6.18 Å². The summed E-state index contributed by atoms with van der Waals surface area (Å²) in [5.41, 5.74) is -1.90. The second kappa shape index (κ2) is 5.44. The van der Waals surface area contributed by atoms with E-state index in [0.717, 1.165) is 12.1 Å². The van der Waals surface area contributed by atoms with Crippen LogP contribution in [0.15, 0.2) is 42.5 Å². The molecule has 24 heavy (non-hydrogen) atoms. The van der Waals surface area contributed by atoms with Crippen LogP contribution in [0.3, 0.4) is 0 Å². The van der Waals surface area contributed by atoms with Crippen molar-refractivity contribution in [3.63, 3.8) is 0 Å². The Kier molecular flexibility index (Phi) is 3.55. The molecule has 0 N–H and O–H groups in total. The Morgan fingerprint density at radius 3 is 2.08 bits per heavy atom. The van der Waals surface area contributed by atoms with Gasteiger partial charge in [0, 0.05) is 0 Å². The van der Waals surface area contributed by atoms with Gasteiger partial charge in [0.2, 0.25) is 0 Å². The molecule has 0 radical (unpaired) electrons. The van der Waals surface area contributed by atoms with Crippen LogP contribution in [0, 0.1) is 0 Å². The number of benzene rings is 1. The van der Waals surface area contributed by atoms with Gasteiger partial charge in [-0.3, -0.25) is 9.59 Å². The summed E-state index contributed by atoms with van der Waals surface area (Å²) in [6, 6.07) is 8.40. The summed E-state index contributed by atoms with van der Waals surface area (Å²) in [5.74, 6) is -3.11. The average Bonchev–Trinajstić information content (AvgIpc) is 2.80. The van der Waals surface area contributed by atoms with Crippen LogP contribution >= 0.6 is 0 Å². The normalized spacial score (nSPS) is 13.9. The molecule has 1 aliphatic rings. The SMILES string of the molecule is O=C(ON1C(=O)c2ccccc2C1=O)c1cccc(C(F)(F)F)n1. The zero-order valence-corrected chi connectivity index (χ0v) is 11.7. The zero-order chi connectivity index (χ0) is 17.5. The maximum absolute atomic E-state index is 12.6. The predicted molar refractivity (Wildman–Crippen MR) is 71.6 cm³/mol. The van der Waals surface area contributed by atoms with Crippen LogP contribution in [-0.2, 0) is 11.0 Å². The Labute approximate surface area is 132 Å². The Hall–Kier alpha value is -3.23. The number of halogens is 3. The Bertz CT molecular complexity index is 829. The molecule has 0 spiro atoms. The van der Waals surface area contributed by atoms with Gasteiger partial charge in [-0.05, 0) is 24.3 Å². The number of alkyl halides is 3. The van der Waals surface area contributed by atoms with Gasteiger partial charge in [-0.1, -0.05) is 23.3 Å². The Morgan fingerprint density at radius 1 is 0.958 bits per heavy atom. The number of fused-ring (bicyclic) bond motifs is 1. The van der Waals surface area contributed by atoms with E-state index in [2.05, 4.69) is 9.82 Å². The molecule has 6 nitrogen and oxygen atoms in total. The van der Waals surface area contributed by atoms with E-state index in [1.54, 1.807) is 0 Å². The number of nitrogens with zero attached hydrogens (tertiary/aromatic N) is 2. The highest BCUT2D eigenvalue weighted by molar-refractivity contribution is 6.21. The van der Waals surface area contributed by atoms with Crippen molar-refractivity contribution < 1.29 is 32.4 Å². The van der Waals surface area contributed by atoms with Crippen molar-refractivity contribution in [2.75, 3.05) is 0 Å². The van der Waals surface area contributed by atoms with Crippen molar-refractivity contribution in [2.24, 2.45) is 0 Å². The molecule has 2 heterocycles. The molecule has 1 aromatic heterocycles. The summed E-state index contributed by atoms with van der Waals surface area (Å²) in [7, 11) is 0. The minimum atomic E-state index is -4.74. The molecule has 1 aromatic carbocycles. The average molecular weight is 336 g/mol. The summed E-state index contributed by atoms with van der Waals surface area (Å²) >= 11 is 0. The molecule has 0 atom stereocenters. The van der Waals surface area contributed by atoms with Crippen molar-refractivity contribution in [1.29, 1.82) is 0 Å². The van der Waals surface area contributed by atoms with Gasteiger partial charge in [0.25, 0.3) is 11.8 Å². The van der Waals surface area contributed by atoms with Gasteiger partial charge in [0.15, 0.2) is 5.69 Å². The lowest BCUT2D eigenvalue weighted by Crippen LogP contribution is -2.33. The molecule has 1 aliphatic heterocycles. The molecule has 2 amide bonds. The lowest BCUT2D eigenvalue weighted by molar-refractivity contribution is -0.141. The predicted octanol–water partition coefficient (Wildman–Crippen LogP) is 2.47. The first-order valence-corrected chi connectivity index (χ1v) is 6.53. The third-order valence-corrected chi connectivity index (χ3v) is 3.18. The van der Waals surface area contributed by atoms with Crippen molar-refractivity contribution in [3.8, 4) is 0 Å². The van der Waals surface area contributed by atoms with Crippen LogP contribution in [0.2, 0.25) is 0 Å². The Morgan fingerprint density at radius 2 is 1.54 bits per heavy atom. The van der Waals surface area contributed by atoms with E-state index in [0.29, 0.717) is 6.07 Å². The fraction of sp³-hybridized carbons (Fsp3) is 0.0667.